The highest BCUT2D eigenvalue weighted by Crippen LogP contribution is 2.37. The van der Waals surface area contributed by atoms with Crippen LogP contribution in [0.1, 0.15) is 31.4 Å². The minimum atomic E-state index is -0.824. The lowest BCUT2D eigenvalue weighted by molar-refractivity contribution is -0.0609. The van der Waals surface area contributed by atoms with Gasteiger partial charge in [0.05, 0.1) is 30.9 Å². The zero-order chi connectivity index (χ0) is 21.8. The first-order chi connectivity index (χ1) is 14.8. The molecule has 0 saturated carbocycles. The van der Waals surface area contributed by atoms with E-state index >= 15 is 0 Å². The lowest BCUT2D eigenvalue weighted by Gasteiger charge is -2.44. The minimum absolute atomic E-state index is 0.0585. The fourth-order valence-electron chi connectivity index (χ4n) is 4.62. The Labute approximate surface area is 184 Å². The number of β-amino-alcohol motifs (C(OH)–C–C–N with tert-alkyl or cyclic N) is 1. The molecule has 2 N–H and O–H groups in total. The minimum Gasteiger partial charge on any atom is -0.386 e. The Balaban J connectivity index is 1.33. The summed E-state index contributed by atoms with van der Waals surface area (Å²) in [6.45, 7) is 3.09. The Morgan fingerprint density at radius 1 is 1.39 bits per heavy atom. The third kappa shape index (κ3) is 3.76. The molecular weight excluding hydrogens is 423 g/mol. The second-order valence-corrected chi connectivity index (χ2v) is 9.11. The van der Waals surface area contributed by atoms with Crippen LogP contribution >= 0.6 is 11.6 Å². The Morgan fingerprint density at radius 2 is 2.19 bits per heavy atom. The highest BCUT2D eigenvalue weighted by Gasteiger charge is 2.42. The normalized spacial score (nSPS) is 28.5. The largest absolute Gasteiger partial charge is 0.386 e. The summed E-state index contributed by atoms with van der Waals surface area (Å²) in [6.07, 6.45) is 6.81. The van der Waals surface area contributed by atoms with Crippen molar-refractivity contribution in [1.82, 2.24) is 20.1 Å². The first-order valence-electron chi connectivity index (χ1n) is 10.4. The first-order valence-corrected chi connectivity index (χ1v) is 10.8. The van der Waals surface area contributed by atoms with E-state index in [0.29, 0.717) is 18.1 Å². The summed E-state index contributed by atoms with van der Waals surface area (Å²) in [6, 6.07) is 3.75. The van der Waals surface area contributed by atoms with Gasteiger partial charge in [-0.05, 0) is 49.6 Å². The van der Waals surface area contributed by atoms with Crippen LogP contribution in [0.15, 0.2) is 40.6 Å². The Bertz CT molecular complexity index is 988. The van der Waals surface area contributed by atoms with Gasteiger partial charge in [-0.15, -0.1) is 0 Å². The Morgan fingerprint density at radius 3 is 2.97 bits per heavy atom. The molecule has 0 radical (unpaired) electrons. The highest BCUT2D eigenvalue weighted by molar-refractivity contribution is 6.31. The predicted octanol–water partition coefficient (Wildman–Crippen LogP) is 2.31. The number of rotatable bonds is 2. The van der Waals surface area contributed by atoms with E-state index in [9.17, 15) is 14.3 Å². The van der Waals surface area contributed by atoms with E-state index < -0.39 is 17.8 Å². The third-order valence-electron chi connectivity index (χ3n) is 6.10. The van der Waals surface area contributed by atoms with Crippen molar-refractivity contribution in [2.45, 2.75) is 43.6 Å². The monoisotopic (exact) mass is 446 g/mol. The molecule has 0 bridgehead atoms. The average molecular weight is 447 g/mol. The number of nitrogens with one attached hydrogen (secondary N) is 1. The van der Waals surface area contributed by atoms with Crippen molar-refractivity contribution in [3.05, 3.63) is 46.9 Å². The molecule has 2 amide bonds. The molecular formula is C21H24ClFN6O2. The van der Waals surface area contributed by atoms with Crippen LogP contribution in [0.5, 0.6) is 0 Å². The molecule has 4 aliphatic rings. The van der Waals surface area contributed by atoms with Crippen molar-refractivity contribution in [2.24, 2.45) is 10.1 Å². The molecule has 2 unspecified atom stereocenters. The third-order valence-corrected chi connectivity index (χ3v) is 6.44. The fraction of sp³-hybridized carbons (Fsp3) is 0.476. The van der Waals surface area contributed by atoms with E-state index in [4.69, 9.17) is 16.6 Å². The van der Waals surface area contributed by atoms with Crippen LogP contribution in [0.25, 0.3) is 0 Å². The molecule has 0 aliphatic carbocycles. The van der Waals surface area contributed by atoms with Crippen LogP contribution in [0.4, 0.5) is 9.18 Å². The summed E-state index contributed by atoms with van der Waals surface area (Å²) in [5.41, 5.74) is -0.0651. The Hall–Kier alpha value is -2.65. The number of carbonyl (C=O) groups is 1. The van der Waals surface area contributed by atoms with Gasteiger partial charge in [0.2, 0.25) is 0 Å². The molecule has 31 heavy (non-hydrogen) atoms. The number of aliphatic imine (C=N–C) groups is 1. The number of carbonyl (C=O) groups excluding carboxylic acids is 1. The molecule has 3 atom stereocenters. The Kier molecular flexibility index (Phi) is 4.90. The summed E-state index contributed by atoms with van der Waals surface area (Å²) in [5.74, 6) is 0.455. The molecule has 0 spiro atoms. The van der Waals surface area contributed by atoms with E-state index in [2.05, 4.69) is 15.3 Å². The molecule has 4 heterocycles. The predicted molar refractivity (Wildman–Crippen MR) is 115 cm³/mol. The maximum Gasteiger partial charge on any atom is 0.318 e. The van der Waals surface area contributed by atoms with Gasteiger partial charge in [-0.25, -0.2) is 19.2 Å². The molecule has 10 heteroatoms. The molecule has 0 aromatic heterocycles. The van der Waals surface area contributed by atoms with E-state index in [1.807, 2.05) is 12.3 Å². The number of nitrogens with zero attached hydrogens (tertiary/aromatic N) is 5. The van der Waals surface area contributed by atoms with Crippen LogP contribution < -0.4 is 5.32 Å². The van der Waals surface area contributed by atoms with Crippen molar-refractivity contribution in [1.29, 1.82) is 0 Å². The van der Waals surface area contributed by atoms with Crippen LogP contribution in [-0.2, 0) is 0 Å². The first kappa shape index (κ1) is 20.3. The highest BCUT2D eigenvalue weighted by atomic mass is 35.5. The number of halogens is 2. The molecule has 1 aromatic carbocycles. The standard InChI is InChI=1S/C21H24ClFN6O2/c1-21(31)11-27(12-21)20(30)25-16-10-24-29-8-6-18(26-19(16)29)28-7-2-3-17(28)14-9-13(23)4-5-15(14)22/h4-6,8-10,16-17,19,31H,2-3,7,11-12H2,1H3,(H,25,30)/t16?,17-,19?/m1/s1. The van der Waals surface area contributed by atoms with Crippen molar-refractivity contribution in [2.75, 3.05) is 19.6 Å². The van der Waals surface area contributed by atoms with E-state index in [-0.39, 0.29) is 17.9 Å². The van der Waals surface area contributed by atoms with Crippen LogP contribution in [0.3, 0.4) is 0 Å². The SMILES string of the molecule is CC1(O)CN(C(=O)NC2C=NN3C=CC(N4CCC[C@@H]4c4cc(F)ccc4Cl)=NC23)C1. The lowest BCUT2D eigenvalue weighted by Crippen LogP contribution is -2.65. The number of fused-ring (bicyclic) bond motifs is 1. The fourth-order valence-corrected chi connectivity index (χ4v) is 4.86. The average Bonchev–Trinajstić information content (AvgIpc) is 3.35. The smallest absolute Gasteiger partial charge is 0.318 e. The number of amides is 2. The number of hydrogen-bond acceptors (Lipinski definition) is 6. The maximum atomic E-state index is 13.9. The van der Waals surface area contributed by atoms with Crippen LogP contribution in [-0.4, -0.2) is 75.4 Å². The van der Waals surface area contributed by atoms with Crippen LogP contribution in [0, 0.1) is 5.82 Å². The summed E-state index contributed by atoms with van der Waals surface area (Å²) in [4.78, 5) is 21.0. The zero-order valence-corrected chi connectivity index (χ0v) is 17.8. The van der Waals surface area contributed by atoms with Gasteiger partial charge in [0, 0.05) is 17.8 Å². The molecule has 2 saturated heterocycles. The number of hydrogen-bond donors (Lipinski definition) is 2. The van der Waals surface area contributed by atoms with Gasteiger partial charge in [0.25, 0.3) is 0 Å². The quantitative estimate of drug-likeness (QED) is 0.730. The van der Waals surface area contributed by atoms with Gasteiger partial charge in [0.1, 0.15) is 17.7 Å². The van der Waals surface area contributed by atoms with E-state index in [1.165, 1.54) is 12.1 Å². The number of aliphatic hydroxyl groups is 1. The van der Waals surface area contributed by atoms with Crippen molar-refractivity contribution in [3.63, 3.8) is 0 Å². The summed E-state index contributed by atoms with van der Waals surface area (Å²) in [5, 5.41) is 19.4. The number of hydrazone groups is 1. The van der Waals surface area contributed by atoms with Crippen molar-refractivity contribution in [3.8, 4) is 0 Å². The summed E-state index contributed by atoms with van der Waals surface area (Å²) < 4.78 is 13.9. The van der Waals surface area contributed by atoms with Crippen LogP contribution in [0.2, 0.25) is 5.02 Å². The number of urea groups is 1. The van der Waals surface area contributed by atoms with E-state index in [1.54, 1.807) is 29.1 Å². The second-order valence-electron chi connectivity index (χ2n) is 8.71. The molecule has 2 fully saturated rings. The second kappa shape index (κ2) is 7.49. The molecule has 4 aliphatic heterocycles. The number of likely N-dealkylation sites (tertiary alicyclic amines) is 2. The summed E-state index contributed by atoms with van der Waals surface area (Å²) >= 11 is 6.37. The number of amidine groups is 1. The van der Waals surface area contributed by atoms with E-state index in [0.717, 1.165) is 30.8 Å². The molecule has 1 aromatic rings. The van der Waals surface area contributed by atoms with Gasteiger partial charge >= 0.3 is 6.03 Å². The summed E-state index contributed by atoms with van der Waals surface area (Å²) in [7, 11) is 0. The molecule has 5 rings (SSSR count). The van der Waals surface area contributed by atoms with Gasteiger partial charge in [-0.3, -0.25) is 0 Å². The zero-order valence-electron chi connectivity index (χ0n) is 17.1. The van der Waals surface area contributed by atoms with Gasteiger partial charge in [-0.1, -0.05) is 11.6 Å². The van der Waals surface area contributed by atoms with Crippen molar-refractivity contribution >= 4 is 29.7 Å². The van der Waals surface area contributed by atoms with Crippen molar-refractivity contribution < 1.29 is 14.3 Å². The molecule has 8 nitrogen and oxygen atoms in total. The van der Waals surface area contributed by atoms with Gasteiger partial charge in [-0.2, -0.15) is 5.10 Å². The molecule has 164 valence electrons. The maximum absolute atomic E-state index is 13.9. The number of benzene rings is 1. The lowest BCUT2D eigenvalue weighted by atomic mass is 9.98. The van der Waals surface area contributed by atoms with Gasteiger partial charge in [0.15, 0.2) is 6.17 Å². The van der Waals surface area contributed by atoms with Gasteiger partial charge < -0.3 is 20.2 Å². The topological polar surface area (TPSA) is 83.8 Å².